The summed E-state index contributed by atoms with van der Waals surface area (Å²) in [5, 5.41) is 0. The van der Waals surface area contributed by atoms with Crippen molar-refractivity contribution in [3.8, 4) is 0 Å². The minimum absolute atomic E-state index is 0.142. The van der Waals surface area contributed by atoms with Gasteiger partial charge in [-0.1, -0.05) is 18.2 Å². The van der Waals surface area contributed by atoms with E-state index in [0.29, 0.717) is 19.4 Å². The number of anilines is 1. The zero-order valence-electron chi connectivity index (χ0n) is 12.0. The predicted molar refractivity (Wildman–Crippen MR) is 81.8 cm³/mol. The van der Waals surface area contributed by atoms with Crippen LogP contribution in [0.3, 0.4) is 0 Å². The predicted octanol–water partition coefficient (Wildman–Crippen LogP) is 3.38. The fourth-order valence-electron chi connectivity index (χ4n) is 2.21. The fourth-order valence-corrected chi connectivity index (χ4v) is 2.21. The summed E-state index contributed by atoms with van der Waals surface area (Å²) >= 11 is 0. The van der Waals surface area contributed by atoms with Gasteiger partial charge >= 0.3 is 0 Å². The Balaban J connectivity index is 2.02. The van der Waals surface area contributed by atoms with E-state index in [0.717, 1.165) is 11.4 Å². The molecule has 2 aromatic rings. The highest BCUT2D eigenvalue weighted by atomic mass is 16.2. The van der Waals surface area contributed by atoms with Crippen LogP contribution >= 0.6 is 0 Å². The molecule has 1 aromatic heterocycles. The molecule has 0 radical (unpaired) electrons. The molecule has 3 nitrogen and oxygen atoms in total. The van der Waals surface area contributed by atoms with Gasteiger partial charge in [-0.05, 0) is 50.1 Å². The molecule has 0 N–H and O–H groups in total. The number of amides is 1. The van der Waals surface area contributed by atoms with Crippen molar-refractivity contribution >= 4 is 11.6 Å². The van der Waals surface area contributed by atoms with Crippen LogP contribution in [0, 0.1) is 6.92 Å². The van der Waals surface area contributed by atoms with Gasteiger partial charge in [0.05, 0.1) is 0 Å². The molecule has 0 saturated carbocycles. The number of aromatic nitrogens is 1. The van der Waals surface area contributed by atoms with E-state index in [1.807, 2.05) is 61.2 Å². The maximum atomic E-state index is 12.4. The summed E-state index contributed by atoms with van der Waals surface area (Å²) in [4.78, 5) is 18.4. The monoisotopic (exact) mass is 268 g/mol. The van der Waals surface area contributed by atoms with Gasteiger partial charge in [-0.25, -0.2) is 0 Å². The zero-order valence-corrected chi connectivity index (χ0v) is 12.0. The molecule has 104 valence electrons. The van der Waals surface area contributed by atoms with E-state index in [2.05, 4.69) is 4.98 Å². The van der Waals surface area contributed by atoms with Crippen molar-refractivity contribution in [2.75, 3.05) is 11.4 Å². The fraction of sp³-hybridized carbons (Fsp3) is 0.294. The van der Waals surface area contributed by atoms with Crippen LogP contribution in [0.25, 0.3) is 0 Å². The number of benzene rings is 1. The number of hydrogen-bond donors (Lipinski definition) is 0. The first kappa shape index (κ1) is 14.3. The van der Waals surface area contributed by atoms with Crippen molar-refractivity contribution in [2.24, 2.45) is 0 Å². The summed E-state index contributed by atoms with van der Waals surface area (Å²) in [6, 6.07) is 13.8. The quantitative estimate of drug-likeness (QED) is 0.833. The molecular formula is C17H20N2O. The minimum Gasteiger partial charge on any atom is -0.313 e. The van der Waals surface area contributed by atoms with Crippen molar-refractivity contribution in [2.45, 2.75) is 26.7 Å². The molecule has 0 unspecified atom stereocenters. The van der Waals surface area contributed by atoms with Crippen LogP contribution < -0.4 is 4.90 Å². The Labute approximate surface area is 120 Å². The lowest BCUT2D eigenvalue weighted by molar-refractivity contribution is -0.118. The van der Waals surface area contributed by atoms with Crippen LogP contribution in [-0.2, 0) is 11.2 Å². The van der Waals surface area contributed by atoms with E-state index in [4.69, 9.17) is 0 Å². The Morgan fingerprint density at radius 3 is 2.70 bits per heavy atom. The second-order valence-corrected chi connectivity index (χ2v) is 4.80. The number of aryl methyl sites for hydroxylation is 2. The Morgan fingerprint density at radius 2 is 2.05 bits per heavy atom. The minimum atomic E-state index is 0.142. The Morgan fingerprint density at radius 1 is 1.20 bits per heavy atom. The maximum absolute atomic E-state index is 12.4. The van der Waals surface area contributed by atoms with Crippen molar-refractivity contribution in [3.05, 3.63) is 59.9 Å². The molecule has 0 fully saturated rings. The van der Waals surface area contributed by atoms with Crippen LogP contribution in [0.1, 0.15) is 24.6 Å². The molecule has 0 saturated heterocycles. The van der Waals surface area contributed by atoms with Gasteiger partial charge in [0.1, 0.15) is 0 Å². The Bertz CT molecular complexity index is 566. The number of carbonyl (C=O) groups excluding carboxylic acids is 1. The summed E-state index contributed by atoms with van der Waals surface area (Å²) in [6.07, 6.45) is 2.93. The van der Waals surface area contributed by atoms with Gasteiger partial charge in [-0.2, -0.15) is 0 Å². The molecule has 0 aliphatic rings. The van der Waals surface area contributed by atoms with Crippen LogP contribution in [0.4, 0.5) is 5.69 Å². The highest BCUT2D eigenvalue weighted by molar-refractivity contribution is 5.93. The van der Waals surface area contributed by atoms with Gasteiger partial charge < -0.3 is 4.90 Å². The molecule has 1 heterocycles. The van der Waals surface area contributed by atoms with E-state index in [1.165, 1.54) is 5.56 Å². The molecule has 20 heavy (non-hydrogen) atoms. The molecule has 0 spiro atoms. The summed E-state index contributed by atoms with van der Waals surface area (Å²) in [6.45, 7) is 4.72. The number of pyridine rings is 1. The average Bonchev–Trinajstić information content (AvgIpc) is 2.47. The van der Waals surface area contributed by atoms with Crippen molar-refractivity contribution in [3.63, 3.8) is 0 Å². The summed E-state index contributed by atoms with van der Waals surface area (Å²) < 4.78 is 0. The van der Waals surface area contributed by atoms with Crippen molar-refractivity contribution < 1.29 is 4.79 Å². The highest BCUT2D eigenvalue weighted by Crippen LogP contribution is 2.17. The van der Waals surface area contributed by atoms with Gasteiger partial charge in [-0.15, -0.1) is 0 Å². The molecule has 2 rings (SSSR count). The lowest BCUT2D eigenvalue weighted by Gasteiger charge is -2.21. The summed E-state index contributed by atoms with van der Waals surface area (Å²) in [5.74, 6) is 0.142. The van der Waals surface area contributed by atoms with E-state index < -0.39 is 0 Å². The van der Waals surface area contributed by atoms with Crippen LogP contribution in [0.2, 0.25) is 0 Å². The zero-order chi connectivity index (χ0) is 14.4. The molecule has 3 heteroatoms. The third-order valence-corrected chi connectivity index (χ3v) is 3.25. The van der Waals surface area contributed by atoms with Crippen LogP contribution in [0.5, 0.6) is 0 Å². The second-order valence-electron chi connectivity index (χ2n) is 4.80. The van der Waals surface area contributed by atoms with E-state index in [9.17, 15) is 4.79 Å². The first-order valence-corrected chi connectivity index (χ1v) is 6.97. The largest absolute Gasteiger partial charge is 0.313 e. The SMILES string of the molecule is CCN(C(=O)CCc1ccccn1)c1cccc(C)c1. The lowest BCUT2D eigenvalue weighted by Crippen LogP contribution is -2.30. The maximum Gasteiger partial charge on any atom is 0.227 e. The molecule has 0 bridgehead atoms. The topological polar surface area (TPSA) is 33.2 Å². The Hall–Kier alpha value is -2.16. The summed E-state index contributed by atoms with van der Waals surface area (Å²) in [7, 11) is 0. The standard InChI is InChI=1S/C17H20N2O/c1-3-19(16-9-6-7-14(2)13-16)17(20)11-10-15-8-4-5-12-18-15/h4-9,12-13H,3,10-11H2,1-2H3. The van der Waals surface area contributed by atoms with Gasteiger partial charge in [0.2, 0.25) is 5.91 Å². The molecule has 1 amide bonds. The third-order valence-electron chi connectivity index (χ3n) is 3.25. The van der Waals surface area contributed by atoms with E-state index >= 15 is 0 Å². The smallest absolute Gasteiger partial charge is 0.227 e. The number of carbonyl (C=O) groups is 1. The highest BCUT2D eigenvalue weighted by Gasteiger charge is 2.13. The second kappa shape index (κ2) is 6.85. The lowest BCUT2D eigenvalue weighted by atomic mass is 10.1. The van der Waals surface area contributed by atoms with E-state index in [-0.39, 0.29) is 5.91 Å². The van der Waals surface area contributed by atoms with Gasteiger partial charge in [-0.3, -0.25) is 9.78 Å². The van der Waals surface area contributed by atoms with E-state index in [1.54, 1.807) is 6.20 Å². The summed E-state index contributed by atoms with van der Waals surface area (Å²) in [5.41, 5.74) is 3.10. The molecule has 0 atom stereocenters. The molecule has 0 aliphatic carbocycles. The number of hydrogen-bond acceptors (Lipinski definition) is 2. The molecule has 0 aliphatic heterocycles. The number of rotatable bonds is 5. The molecule has 1 aromatic carbocycles. The normalized spacial score (nSPS) is 10.3. The van der Waals surface area contributed by atoms with Crippen molar-refractivity contribution in [1.82, 2.24) is 4.98 Å². The molecular weight excluding hydrogens is 248 g/mol. The average molecular weight is 268 g/mol. The van der Waals surface area contributed by atoms with Crippen LogP contribution in [-0.4, -0.2) is 17.4 Å². The van der Waals surface area contributed by atoms with Gasteiger partial charge in [0.25, 0.3) is 0 Å². The first-order valence-electron chi connectivity index (χ1n) is 6.97. The van der Waals surface area contributed by atoms with Gasteiger partial charge in [0, 0.05) is 30.5 Å². The number of nitrogens with zero attached hydrogens (tertiary/aromatic N) is 2. The van der Waals surface area contributed by atoms with Crippen LogP contribution in [0.15, 0.2) is 48.7 Å². The van der Waals surface area contributed by atoms with Gasteiger partial charge in [0.15, 0.2) is 0 Å². The Kier molecular flexibility index (Phi) is 4.88. The first-order chi connectivity index (χ1) is 9.70. The van der Waals surface area contributed by atoms with Crippen molar-refractivity contribution in [1.29, 1.82) is 0 Å². The third kappa shape index (κ3) is 3.67.